The molecule has 0 spiro atoms. The lowest BCUT2D eigenvalue weighted by atomic mass is 9.95. The second kappa shape index (κ2) is 7.89. The van der Waals surface area contributed by atoms with E-state index in [0.29, 0.717) is 5.75 Å². The molecule has 0 saturated heterocycles. The van der Waals surface area contributed by atoms with Gasteiger partial charge in [0, 0.05) is 14.1 Å². The number of phenolic OH excluding ortho intramolecular Hbond substituents is 1. The van der Waals surface area contributed by atoms with Gasteiger partial charge < -0.3 is 10.0 Å². The van der Waals surface area contributed by atoms with Crippen molar-refractivity contribution in [3.05, 3.63) is 95.1 Å². The van der Waals surface area contributed by atoms with Crippen LogP contribution in [-0.2, 0) is 19.3 Å². The maximum atomic E-state index is 10.5. The van der Waals surface area contributed by atoms with Crippen LogP contribution in [0, 0.1) is 0 Å². The summed E-state index contributed by atoms with van der Waals surface area (Å²) >= 11 is 0. The number of para-hydroxylation sites is 1. The lowest BCUT2D eigenvalue weighted by Gasteiger charge is -2.17. The lowest BCUT2D eigenvalue weighted by Crippen LogP contribution is -2.09. The van der Waals surface area contributed by atoms with Crippen LogP contribution in [0.25, 0.3) is 0 Å². The molecule has 0 aromatic heterocycles. The van der Waals surface area contributed by atoms with Gasteiger partial charge in [0.25, 0.3) is 0 Å². The highest BCUT2D eigenvalue weighted by Crippen LogP contribution is 2.30. The lowest BCUT2D eigenvalue weighted by molar-refractivity contribution is 0.468. The van der Waals surface area contributed by atoms with E-state index in [0.717, 1.165) is 30.5 Å². The summed E-state index contributed by atoms with van der Waals surface area (Å²) in [7, 11) is 3.90. The van der Waals surface area contributed by atoms with E-state index in [4.69, 9.17) is 0 Å². The third-order valence-electron chi connectivity index (χ3n) is 4.60. The highest BCUT2D eigenvalue weighted by atomic mass is 16.3. The van der Waals surface area contributed by atoms with Crippen LogP contribution in [0.2, 0.25) is 0 Å². The second-order valence-electron chi connectivity index (χ2n) is 6.61. The van der Waals surface area contributed by atoms with Crippen LogP contribution in [0.4, 0.5) is 5.69 Å². The van der Waals surface area contributed by atoms with Gasteiger partial charge in [0.15, 0.2) is 0 Å². The quantitative estimate of drug-likeness (QED) is 0.699. The molecule has 1 N–H and O–H groups in total. The molecule has 0 aliphatic heterocycles. The molecule has 25 heavy (non-hydrogen) atoms. The number of nitrogens with zero attached hydrogens (tertiary/aromatic N) is 1. The van der Waals surface area contributed by atoms with Crippen molar-refractivity contribution in [3.8, 4) is 5.75 Å². The molecule has 0 bridgehead atoms. The summed E-state index contributed by atoms with van der Waals surface area (Å²) in [5, 5.41) is 10.5. The summed E-state index contributed by atoms with van der Waals surface area (Å²) in [4.78, 5) is 1.95. The van der Waals surface area contributed by atoms with Crippen molar-refractivity contribution in [2.24, 2.45) is 0 Å². The first kappa shape index (κ1) is 17.1. The molecule has 3 aromatic rings. The van der Waals surface area contributed by atoms with Gasteiger partial charge in [-0.15, -0.1) is 0 Å². The molecule has 2 nitrogen and oxygen atoms in total. The smallest absolute Gasteiger partial charge is 0.142 e. The third-order valence-corrected chi connectivity index (χ3v) is 4.60. The Morgan fingerprint density at radius 3 is 2.00 bits per heavy atom. The Hall–Kier alpha value is -2.74. The van der Waals surface area contributed by atoms with E-state index in [2.05, 4.69) is 54.6 Å². The van der Waals surface area contributed by atoms with Gasteiger partial charge in [0.1, 0.15) is 5.75 Å². The minimum absolute atomic E-state index is 0.396. The summed E-state index contributed by atoms with van der Waals surface area (Å²) in [6.07, 6.45) is 2.70. The SMILES string of the molecule is CN(C)c1cccc(CCc2ccccc2Cc2ccccc2)c1O. The van der Waals surface area contributed by atoms with Crippen LogP contribution in [0.15, 0.2) is 72.8 Å². The monoisotopic (exact) mass is 331 g/mol. The van der Waals surface area contributed by atoms with Gasteiger partial charge in [-0.2, -0.15) is 0 Å². The van der Waals surface area contributed by atoms with Crippen molar-refractivity contribution >= 4 is 5.69 Å². The average molecular weight is 331 g/mol. The van der Waals surface area contributed by atoms with Gasteiger partial charge in [0.05, 0.1) is 5.69 Å². The van der Waals surface area contributed by atoms with E-state index in [1.807, 2.05) is 37.2 Å². The molecule has 0 fully saturated rings. The standard InChI is InChI=1S/C23H25NO/c1-24(2)22-14-8-13-20(23(22)25)16-15-19-11-6-7-12-21(19)17-18-9-4-3-5-10-18/h3-14,25H,15-17H2,1-2H3. The number of phenols is 1. The topological polar surface area (TPSA) is 23.5 Å². The Bertz CT molecular complexity index is 825. The van der Waals surface area contributed by atoms with Crippen molar-refractivity contribution in [2.45, 2.75) is 19.3 Å². The molecular weight excluding hydrogens is 306 g/mol. The van der Waals surface area contributed by atoms with Crippen molar-refractivity contribution in [2.75, 3.05) is 19.0 Å². The minimum Gasteiger partial charge on any atom is -0.505 e. The Morgan fingerprint density at radius 1 is 0.680 bits per heavy atom. The van der Waals surface area contributed by atoms with Gasteiger partial charge in [-0.05, 0) is 47.6 Å². The Balaban J connectivity index is 1.77. The maximum Gasteiger partial charge on any atom is 0.142 e. The van der Waals surface area contributed by atoms with E-state index >= 15 is 0 Å². The molecule has 0 amide bonds. The number of anilines is 1. The van der Waals surface area contributed by atoms with Gasteiger partial charge in [-0.25, -0.2) is 0 Å². The van der Waals surface area contributed by atoms with E-state index < -0.39 is 0 Å². The van der Waals surface area contributed by atoms with Crippen molar-refractivity contribution in [1.82, 2.24) is 0 Å². The fourth-order valence-electron chi connectivity index (χ4n) is 3.20. The maximum absolute atomic E-state index is 10.5. The van der Waals surface area contributed by atoms with Crippen molar-refractivity contribution in [1.29, 1.82) is 0 Å². The van der Waals surface area contributed by atoms with Gasteiger partial charge in [-0.3, -0.25) is 0 Å². The second-order valence-corrected chi connectivity index (χ2v) is 6.61. The summed E-state index contributed by atoms with van der Waals surface area (Å²) < 4.78 is 0. The van der Waals surface area contributed by atoms with Crippen LogP contribution in [0.3, 0.4) is 0 Å². The van der Waals surface area contributed by atoms with E-state index in [9.17, 15) is 5.11 Å². The predicted molar refractivity (Wildman–Crippen MR) is 106 cm³/mol. The number of aromatic hydroxyl groups is 1. The Kier molecular flexibility index (Phi) is 5.39. The van der Waals surface area contributed by atoms with Crippen LogP contribution in [0.5, 0.6) is 5.75 Å². The number of rotatable bonds is 6. The normalized spacial score (nSPS) is 10.6. The minimum atomic E-state index is 0.396. The van der Waals surface area contributed by atoms with Crippen LogP contribution in [-0.4, -0.2) is 19.2 Å². The first-order chi connectivity index (χ1) is 12.1. The molecule has 3 aromatic carbocycles. The highest BCUT2D eigenvalue weighted by Gasteiger charge is 2.10. The number of hydrogen-bond donors (Lipinski definition) is 1. The van der Waals surface area contributed by atoms with E-state index in [1.54, 1.807) is 0 Å². The first-order valence-electron chi connectivity index (χ1n) is 8.74. The first-order valence-corrected chi connectivity index (χ1v) is 8.74. The largest absolute Gasteiger partial charge is 0.505 e. The molecule has 0 radical (unpaired) electrons. The zero-order valence-electron chi connectivity index (χ0n) is 14.9. The van der Waals surface area contributed by atoms with Gasteiger partial charge in [0.2, 0.25) is 0 Å². The Morgan fingerprint density at radius 2 is 1.28 bits per heavy atom. The van der Waals surface area contributed by atoms with E-state index in [-0.39, 0.29) is 0 Å². The van der Waals surface area contributed by atoms with Crippen molar-refractivity contribution in [3.63, 3.8) is 0 Å². The van der Waals surface area contributed by atoms with Crippen molar-refractivity contribution < 1.29 is 5.11 Å². The fourth-order valence-corrected chi connectivity index (χ4v) is 3.20. The zero-order valence-corrected chi connectivity index (χ0v) is 14.9. The molecule has 0 saturated carbocycles. The Labute approximate surface area is 150 Å². The third kappa shape index (κ3) is 4.21. The molecule has 0 aliphatic carbocycles. The molecular formula is C23H25NO. The fraction of sp³-hybridized carbons (Fsp3) is 0.217. The summed E-state index contributed by atoms with van der Waals surface area (Å²) in [6, 6.07) is 25.1. The molecule has 128 valence electrons. The zero-order chi connectivity index (χ0) is 17.6. The summed E-state index contributed by atoms with van der Waals surface area (Å²) in [5.41, 5.74) is 5.90. The number of aryl methyl sites for hydroxylation is 2. The number of hydrogen-bond acceptors (Lipinski definition) is 2. The molecule has 3 rings (SSSR count). The highest BCUT2D eigenvalue weighted by molar-refractivity contribution is 5.60. The number of benzene rings is 3. The van der Waals surface area contributed by atoms with Crippen LogP contribution >= 0.6 is 0 Å². The molecule has 0 unspecified atom stereocenters. The summed E-state index contributed by atoms with van der Waals surface area (Å²) in [6.45, 7) is 0. The van der Waals surface area contributed by atoms with Crippen LogP contribution in [0.1, 0.15) is 22.3 Å². The summed E-state index contributed by atoms with van der Waals surface area (Å²) in [5.74, 6) is 0.396. The van der Waals surface area contributed by atoms with Crippen LogP contribution < -0.4 is 4.90 Å². The molecule has 0 aliphatic rings. The predicted octanol–water partition coefficient (Wildman–Crippen LogP) is 4.83. The van der Waals surface area contributed by atoms with E-state index in [1.165, 1.54) is 16.7 Å². The molecule has 0 atom stereocenters. The average Bonchev–Trinajstić information content (AvgIpc) is 2.62. The molecule has 2 heteroatoms. The van der Waals surface area contributed by atoms with Gasteiger partial charge in [-0.1, -0.05) is 66.7 Å². The van der Waals surface area contributed by atoms with Gasteiger partial charge >= 0.3 is 0 Å². The molecule has 0 heterocycles.